The molecule has 2 aromatic rings. The molecule has 0 bridgehead atoms. The van der Waals surface area contributed by atoms with Crippen molar-refractivity contribution in [2.75, 3.05) is 19.8 Å². The average molecular weight is 294 g/mol. The van der Waals surface area contributed by atoms with Crippen LogP contribution in [0.1, 0.15) is 17.5 Å². The average Bonchev–Trinajstić information content (AvgIpc) is 2.56. The zero-order valence-corrected chi connectivity index (χ0v) is 12.8. The lowest BCUT2D eigenvalue weighted by atomic mass is 10.1. The fourth-order valence-corrected chi connectivity index (χ4v) is 2.31. The summed E-state index contributed by atoms with van der Waals surface area (Å²) in [7, 11) is 0. The van der Waals surface area contributed by atoms with Crippen molar-refractivity contribution >= 4 is 0 Å². The fraction of sp³-hybridized carbons (Fsp3) is 0.316. The first-order chi connectivity index (χ1) is 10.9. The van der Waals surface area contributed by atoms with Gasteiger partial charge in [0.1, 0.15) is 0 Å². The van der Waals surface area contributed by atoms with E-state index in [-0.39, 0.29) is 0 Å². The quantitative estimate of drug-likeness (QED) is 0.663. The molecule has 0 fully saturated rings. The highest BCUT2D eigenvalue weighted by Gasteiger charge is 2.07. The molecule has 0 spiro atoms. The minimum atomic E-state index is 0.456. The molecule has 0 aliphatic rings. The van der Waals surface area contributed by atoms with Crippen molar-refractivity contribution in [3.05, 3.63) is 71.8 Å². The molecule has 22 heavy (non-hydrogen) atoms. The van der Waals surface area contributed by atoms with Gasteiger partial charge in [0.2, 0.25) is 0 Å². The van der Waals surface area contributed by atoms with Crippen molar-refractivity contribution in [2.45, 2.75) is 19.5 Å². The van der Waals surface area contributed by atoms with Gasteiger partial charge in [0.15, 0.2) is 0 Å². The highest BCUT2D eigenvalue weighted by Crippen LogP contribution is 2.09. The van der Waals surface area contributed by atoms with Crippen molar-refractivity contribution < 1.29 is 4.74 Å². The van der Waals surface area contributed by atoms with E-state index < -0.39 is 0 Å². The summed E-state index contributed by atoms with van der Waals surface area (Å²) in [5.74, 6) is 0. The minimum Gasteiger partial charge on any atom is -0.379 e. The molecular formula is C19H22N2O. The van der Waals surface area contributed by atoms with Gasteiger partial charge in [0.05, 0.1) is 25.7 Å². The van der Waals surface area contributed by atoms with E-state index in [1.165, 1.54) is 11.1 Å². The number of ether oxygens (including phenoxy) is 1. The van der Waals surface area contributed by atoms with Crippen molar-refractivity contribution in [3.63, 3.8) is 0 Å². The number of nitriles is 1. The van der Waals surface area contributed by atoms with Crippen molar-refractivity contribution in [1.29, 1.82) is 5.26 Å². The molecule has 0 atom stereocenters. The first-order valence-electron chi connectivity index (χ1n) is 7.63. The van der Waals surface area contributed by atoms with Gasteiger partial charge in [-0.3, -0.25) is 4.90 Å². The van der Waals surface area contributed by atoms with Crippen LogP contribution in [0.2, 0.25) is 0 Å². The van der Waals surface area contributed by atoms with Crippen LogP contribution in [0.4, 0.5) is 0 Å². The van der Waals surface area contributed by atoms with Gasteiger partial charge < -0.3 is 4.74 Å². The van der Waals surface area contributed by atoms with Crippen LogP contribution in [0, 0.1) is 11.3 Å². The lowest BCUT2D eigenvalue weighted by Gasteiger charge is -2.22. The van der Waals surface area contributed by atoms with Crippen LogP contribution in [-0.4, -0.2) is 24.7 Å². The SMILES string of the molecule is N#CCCOCCN(Cc1ccccc1)Cc1ccccc1. The summed E-state index contributed by atoms with van der Waals surface area (Å²) in [5, 5.41) is 8.52. The second-order valence-corrected chi connectivity index (χ2v) is 5.20. The smallest absolute Gasteiger partial charge is 0.0645 e. The van der Waals surface area contributed by atoms with E-state index >= 15 is 0 Å². The Morgan fingerprint density at radius 1 is 0.818 bits per heavy atom. The predicted octanol–water partition coefficient (Wildman–Crippen LogP) is 3.62. The summed E-state index contributed by atoms with van der Waals surface area (Å²) in [6.07, 6.45) is 0.456. The lowest BCUT2D eigenvalue weighted by Crippen LogP contribution is -2.27. The summed E-state index contributed by atoms with van der Waals surface area (Å²) in [6, 6.07) is 23.0. The second-order valence-electron chi connectivity index (χ2n) is 5.20. The Kier molecular flexibility index (Phi) is 7.17. The molecule has 2 rings (SSSR count). The van der Waals surface area contributed by atoms with Crippen LogP contribution in [0.15, 0.2) is 60.7 Å². The first-order valence-corrected chi connectivity index (χ1v) is 7.63. The molecule has 0 aliphatic carbocycles. The Morgan fingerprint density at radius 3 is 1.86 bits per heavy atom. The third kappa shape index (κ3) is 6.09. The van der Waals surface area contributed by atoms with Gasteiger partial charge in [-0.25, -0.2) is 0 Å². The zero-order chi connectivity index (χ0) is 15.5. The maximum absolute atomic E-state index is 8.52. The van der Waals surface area contributed by atoms with E-state index in [2.05, 4.69) is 59.5 Å². The summed E-state index contributed by atoms with van der Waals surface area (Å²) in [6.45, 7) is 3.83. The monoisotopic (exact) mass is 294 g/mol. The number of nitrogens with zero attached hydrogens (tertiary/aromatic N) is 2. The van der Waals surface area contributed by atoms with E-state index in [1.807, 2.05) is 12.1 Å². The largest absolute Gasteiger partial charge is 0.379 e. The molecule has 2 aromatic carbocycles. The summed E-state index contributed by atoms with van der Waals surface area (Å²) < 4.78 is 5.52. The Bertz CT molecular complexity index is 521. The molecule has 114 valence electrons. The van der Waals surface area contributed by atoms with Gasteiger partial charge in [-0.15, -0.1) is 0 Å². The van der Waals surface area contributed by atoms with Gasteiger partial charge in [-0.2, -0.15) is 5.26 Å². The first kappa shape index (κ1) is 16.2. The molecule has 0 saturated carbocycles. The van der Waals surface area contributed by atoms with Gasteiger partial charge in [0, 0.05) is 19.6 Å². The second kappa shape index (κ2) is 9.73. The highest BCUT2D eigenvalue weighted by atomic mass is 16.5. The molecular weight excluding hydrogens is 272 g/mol. The van der Waals surface area contributed by atoms with E-state index in [9.17, 15) is 0 Å². The Balaban J connectivity index is 1.90. The highest BCUT2D eigenvalue weighted by molar-refractivity contribution is 5.17. The molecule has 0 unspecified atom stereocenters. The normalized spacial score (nSPS) is 10.5. The van der Waals surface area contributed by atoms with Gasteiger partial charge in [-0.05, 0) is 11.1 Å². The van der Waals surface area contributed by atoms with Crippen LogP contribution < -0.4 is 0 Å². The maximum Gasteiger partial charge on any atom is 0.0645 e. The molecule has 3 heteroatoms. The van der Waals surface area contributed by atoms with Gasteiger partial charge in [-0.1, -0.05) is 60.7 Å². The number of hydrogen-bond donors (Lipinski definition) is 0. The maximum atomic E-state index is 8.52. The Morgan fingerprint density at radius 2 is 1.36 bits per heavy atom. The van der Waals surface area contributed by atoms with Crippen LogP contribution in [0.3, 0.4) is 0 Å². The molecule has 0 saturated heterocycles. The fourth-order valence-electron chi connectivity index (χ4n) is 2.31. The standard InChI is InChI=1S/C19H22N2O/c20-12-7-14-22-15-13-21(16-18-8-3-1-4-9-18)17-19-10-5-2-6-11-19/h1-6,8-11H,7,13-17H2. The van der Waals surface area contributed by atoms with Gasteiger partial charge in [0.25, 0.3) is 0 Å². The van der Waals surface area contributed by atoms with Crippen LogP contribution in [0.25, 0.3) is 0 Å². The molecule has 0 amide bonds. The van der Waals surface area contributed by atoms with E-state index in [1.54, 1.807) is 0 Å². The summed E-state index contributed by atoms with van der Waals surface area (Å²) >= 11 is 0. The van der Waals surface area contributed by atoms with E-state index in [0.29, 0.717) is 19.6 Å². The lowest BCUT2D eigenvalue weighted by molar-refractivity contribution is 0.102. The number of rotatable bonds is 9. The molecule has 0 aliphatic heterocycles. The molecule has 0 N–H and O–H groups in total. The zero-order valence-electron chi connectivity index (χ0n) is 12.8. The van der Waals surface area contributed by atoms with Crippen LogP contribution >= 0.6 is 0 Å². The molecule has 0 heterocycles. The summed E-state index contributed by atoms with van der Waals surface area (Å²) in [4.78, 5) is 2.37. The third-order valence-corrected chi connectivity index (χ3v) is 3.41. The minimum absolute atomic E-state index is 0.456. The topological polar surface area (TPSA) is 36.3 Å². The van der Waals surface area contributed by atoms with E-state index in [0.717, 1.165) is 19.6 Å². The Labute approximate surface area is 132 Å². The number of hydrogen-bond acceptors (Lipinski definition) is 3. The van der Waals surface area contributed by atoms with Gasteiger partial charge >= 0.3 is 0 Å². The third-order valence-electron chi connectivity index (χ3n) is 3.41. The molecule has 3 nitrogen and oxygen atoms in total. The molecule has 0 aromatic heterocycles. The summed E-state index contributed by atoms with van der Waals surface area (Å²) in [5.41, 5.74) is 2.60. The van der Waals surface area contributed by atoms with Crippen molar-refractivity contribution in [2.24, 2.45) is 0 Å². The van der Waals surface area contributed by atoms with Crippen LogP contribution in [0.5, 0.6) is 0 Å². The van der Waals surface area contributed by atoms with Crippen LogP contribution in [-0.2, 0) is 17.8 Å². The molecule has 0 radical (unpaired) electrons. The van der Waals surface area contributed by atoms with Crippen molar-refractivity contribution in [1.82, 2.24) is 4.90 Å². The Hall–Kier alpha value is -2.15. The predicted molar refractivity (Wildman–Crippen MR) is 88.0 cm³/mol. The number of benzene rings is 2. The van der Waals surface area contributed by atoms with Crippen molar-refractivity contribution in [3.8, 4) is 6.07 Å². The van der Waals surface area contributed by atoms with E-state index in [4.69, 9.17) is 10.00 Å².